The van der Waals surface area contributed by atoms with E-state index in [4.69, 9.17) is 5.73 Å². The number of aryl methyl sites for hydroxylation is 2. The van der Waals surface area contributed by atoms with Gasteiger partial charge in [0.15, 0.2) is 0 Å². The zero-order valence-electron chi connectivity index (χ0n) is 9.68. The van der Waals surface area contributed by atoms with Crippen molar-refractivity contribution in [2.45, 2.75) is 27.7 Å². The molecule has 0 radical (unpaired) electrons. The Labute approximate surface area is 85.5 Å². The minimum atomic E-state index is 0.241. The van der Waals surface area contributed by atoms with Crippen molar-refractivity contribution in [2.24, 2.45) is 12.5 Å². The highest BCUT2D eigenvalue weighted by molar-refractivity contribution is 5.64. The van der Waals surface area contributed by atoms with Crippen molar-refractivity contribution in [3.05, 3.63) is 5.69 Å². The quantitative estimate of drug-likeness (QED) is 0.758. The molecule has 0 aliphatic carbocycles. The molecule has 1 aromatic rings. The van der Waals surface area contributed by atoms with Gasteiger partial charge in [0.1, 0.15) is 5.82 Å². The van der Waals surface area contributed by atoms with E-state index in [0.29, 0.717) is 0 Å². The number of nitrogens with two attached hydrogens (primary N) is 1. The van der Waals surface area contributed by atoms with Crippen LogP contribution >= 0.6 is 0 Å². The Hall–Kier alpha value is -1.19. The third kappa shape index (κ3) is 2.40. The minimum absolute atomic E-state index is 0.241. The first kappa shape index (κ1) is 10.9. The predicted molar refractivity (Wildman–Crippen MR) is 60.3 cm³/mol. The van der Waals surface area contributed by atoms with Gasteiger partial charge in [0.25, 0.3) is 0 Å². The van der Waals surface area contributed by atoms with Gasteiger partial charge in [-0.15, -0.1) is 0 Å². The molecule has 0 saturated heterocycles. The predicted octanol–water partition coefficient (Wildman–Crippen LogP) is 1.77. The number of anilines is 2. The number of nitrogen functional groups attached to an aromatic ring is 1. The van der Waals surface area contributed by atoms with Crippen LogP contribution in [0.4, 0.5) is 11.5 Å². The van der Waals surface area contributed by atoms with Crippen LogP contribution in [0.5, 0.6) is 0 Å². The largest absolute Gasteiger partial charge is 0.394 e. The number of rotatable bonds is 2. The van der Waals surface area contributed by atoms with Gasteiger partial charge in [0.05, 0.1) is 11.4 Å². The van der Waals surface area contributed by atoms with Crippen LogP contribution in [0.3, 0.4) is 0 Å². The molecule has 80 valence electrons. The van der Waals surface area contributed by atoms with Gasteiger partial charge in [-0.3, -0.25) is 4.68 Å². The fraction of sp³-hybridized carbons (Fsp3) is 0.700. The molecule has 0 atom stereocenters. The van der Waals surface area contributed by atoms with E-state index in [9.17, 15) is 0 Å². The van der Waals surface area contributed by atoms with Crippen LogP contribution in [-0.2, 0) is 7.05 Å². The fourth-order valence-corrected chi connectivity index (χ4v) is 1.23. The van der Waals surface area contributed by atoms with Gasteiger partial charge >= 0.3 is 0 Å². The van der Waals surface area contributed by atoms with Gasteiger partial charge in [-0.2, -0.15) is 5.10 Å². The van der Waals surface area contributed by atoms with Crippen molar-refractivity contribution in [1.29, 1.82) is 0 Å². The first-order chi connectivity index (χ1) is 6.31. The molecule has 0 amide bonds. The lowest BCUT2D eigenvalue weighted by atomic mass is 9.97. The van der Waals surface area contributed by atoms with Crippen LogP contribution in [0.25, 0.3) is 0 Å². The summed E-state index contributed by atoms with van der Waals surface area (Å²) in [5.74, 6) is 0.914. The molecule has 4 heteroatoms. The number of nitrogens with one attached hydrogen (secondary N) is 1. The summed E-state index contributed by atoms with van der Waals surface area (Å²) in [6, 6.07) is 0. The molecular formula is C10H20N4. The van der Waals surface area contributed by atoms with E-state index in [1.165, 1.54) is 0 Å². The molecule has 4 nitrogen and oxygen atoms in total. The van der Waals surface area contributed by atoms with Crippen LogP contribution in [-0.4, -0.2) is 16.3 Å². The molecule has 0 aromatic carbocycles. The zero-order chi connectivity index (χ0) is 10.9. The average molecular weight is 196 g/mol. The Bertz CT molecular complexity index is 320. The smallest absolute Gasteiger partial charge is 0.147 e. The highest BCUT2D eigenvalue weighted by atomic mass is 15.3. The van der Waals surface area contributed by atoms with Crippen LogP contribution < -0.4 is 11.1 Å². The SMILES string of the molecule is Cc1nn(C)c(NCC(C)(C)C)c1N. The fourth-order valence-electron chi connectivity index (χ4n) is 1.23. The molecule has 0 saturated carbocycles. The van der Waals surface area contributed by atoms with Gasteiger partial charge in [0, 0.05) is 13.6 Å². The van der Waals surface area contributed by atoms with Crippen LogP contribution in [0.1, 0.15) is 26.5 Å². The maximum atomic E-state index is 5.89. The molecule has 0 unspecified atom stereocenters. The van der Waals surface area contributed by atoms with Gasteiger partial charge in [-0.1, -0.05) is 20.8 Å². The van der Waals surface area contributed by atoms with Crippen molar-refractivity contribution >= 4 is 11.5 Å². The lowest BCUT2D eigenvalue weighted by Gasteiger charge is -2.19. The second-order valence-electron chi connectivity index (χ2n) is 4.89. The highest BCUT2D eigenvalue weighted by Gasteiger charge is 2.14. The number of nitrogens with zero attached hydrogens (tertiary/aromatic N) is 2. The van der Waals surface area contributed by atoms with Crippen LogP contribution in [0, 0.1) is 12.3 Å². The Kier molecular flexibility index (Phi) is 2.73. The van der Waals surface area contributed by atoms with Crippen LogP contribution in [0.2, 0.25) is 0 Å². The van der Waals surface area contributed by atoms with Crippen molar-refractivity contribution in [1.82, 2.24) is 9.78 Å². The summed E-state index contributed by atoms with van der Waals surface area (Å²) < 4.78 is 1.79. The van der Waals surface area contributed by atoms with E-state index in [1.54, 1.807) is 4.68 Å². The molecule has 0 spiro atoms. The minimum Gasteiger partial charge on any atom is -0.394 e. The molecule has 0 fully saturated rings. The highest BCUT2D eigenvalue weighted by Crippen LogP contribution is 2.22. The Morgan fingerprint density at radius 3 is 2.36 bits per heavy atom. The molecule has 1 aromatic heterocycles. The Balaban J connectivity index is 2.77. The zero-order valence-corrected chi connectivity index (χ0v) is 9.68. The third-order valence-electron chi connectivity index (χ3n) is 2.05. The molecule has 0 bridgehead atoms. The van der Waals surface area contributed by atoms with Gasteiger partial charge in [-0.05, 0) is 12.3 Å². The molecule has 0 aliphatic rings. The second kappa shape index (κ2) is 3.52. The average Bonchev–Trinajstić information content (AvgIpc) is 2.23. The summed E-state index contributed by atoms with van der Waals surface area (Å²) in [5.41, 5.74) is 7.75. The second-order valence-corrected chi connectivity index (χ2v) is 4.89. The topological polar surface area (TPSA) is 55.9 Å². The molecule has 1 rings (SSSR count). The van der Waals surface area contributed by atoms with E-state index in [0.717, 1.165) is 23.7 Å². The summed E-state index contributed by atoms with van der Waals surface area (Å²) in [6.07, 6.45) is 0. The van der Waals surface area contributed by atoms with Gasteiger partial charge in [0.2, 0.25) is 0 Å². The van der Waals surface area contributed by atoms with Crippen LogP contribution in [0.15, 0.2) is 0 Å². The Morgan fingerprint density at radius 1 is 1.43 bits per heavy atom. The number of hydrogen-bond acceptors (Lipinski definition) is 3. The van der Waals surface area contributed by atoms with E-state index in [-0.39, 0.29) is 5.41 Å². The van der Waals surface area contributed by atoms with E-state index >= 15 is 0 Å². The van der Waals surface area contributed by atoms with Crippen molar-refractivity contribution in [3.8, 4) is 0 Å². The summed E-state index contributed by atoms with van der Waals surface area (Å²) in [5, 5.41) is 7.56. The first-order valence-electron chi connectivity index (χ1n) is 4.84. The summed E-state index contributed by atoms with van der Waals surface area (Å²) in [4.78, 5) is 0. The van der Waals surface area contributed by atoms with Crippen molar-refractivity contribution < 1.29 is 0 Å². The standard InChI is InChI=1S/C10H20N4/c1-7-8(11)9(14(5)13-7)12-6-10(2,3)4/h12H,6,11H2,1-5H3. The normalized spacial score (nSPS) is 11.8. The molecule has 3 N–H and O–H groups in total. The molecule has 0 aliphatic heterocycles. The lowest BCUT2D eigenvalue weighted by Crippen LogP contribution is -2.20. The summed E-state index contributed by atoms with van der Waals surface area (Å²) in [6.45, 7) is 9.34. The van der Waals surface area contributed by atoms with E-state index < -0.39 is 0 Å². The first-order valence-corrected chi connectivity index (χ1v) is 4.84. The summed E-state index contributed by atoms with van der Waals surface area (Å²) in [7, 11) is 1.90. The number of hydrogen-bond donors (Lipinski definition) is 2. The van der Waals surface area contributed by atoms with Crippen molar-refractivity contribution in [3.63, 3.8) is 0 Å². The lowest BCUT2D eigenvalue weighted by molar-refractivity contribution is 0.441. The summed E-state index contributed by atoms with van der Waals surface area (Å²) >= 11 is 0. The molecule has 1 heterocycles. The monoisotopic (exact) mass is 196 g/mol. The van der Waals surface area contributed by atoms with Gasteiger partial charge < -0.3 is 11.1 Å². The van der Waals surface area contributed by atoms with Crippen molar-refractivity contribution in [2.75, 3.05) is 17.6 Å². The van der Waals surface area contributed by atoms with Gasteiger partial charge in [-0.25, -0.2) is 0 Å². The van der Waals surface area contributed by atoms with E-state index in [2.05, 4.69) is 31.2 Å². The third-order valence-corrected chi connectivity index (χ3v) is 2.05. The number of aromatic nitrogens is 2. The maximum absolute atomic E-state index is 5.89. The molecular weight excluding hydrogens is 176 g/mol. The Morgan fingerprint density at radius 2 is 2.00 bits per heavy atom. The maximum Gasteiger partial charge on any atom is 0.147 e. The molecule has 14 heavy (non-hydrogen) atoms. The van der Waals surface area contributed by atoms with E-state index in [1.807, 2.05) is 14.0 Å².